The summed E-state index contributed by atoms with van der Waals surface area (Å²) < 4.78 is 20.2. The summed E-state index contributed by atoms with van der Waals surface area (Å²) >= 11 is 0. The maximum absolute atomic E-state index is 14.7. The molecule has 1 aliphatic heterocycles. The number of fused-ring (bicyclic) bond motifs is 3. The average Bonchev–Trinajstić information content (AvgIpc) is 3.28. The summed E-state index contributed by atoms with van der Waals surface area (Å²) in [7, 11) is 1.68. The van der Waals surface area contributed by atoms with E-state index in [4.69, 9.17) is 10.5 Å². The van der Waals surface area contributed by atoms with Crippen LogP contribution >= 0.6 is 0 Å². The second-order valence-electron chi connectivity index (χ2n) is 8.04. The van der Waals surface area contributed by atoms with Crippen molar-refractivity contribution in [2.45, 2.75) is 44.9 Å². The molecule has 1 aliphatic carbocycles. The van der Waals surface area contributed by atoms with Gasteiger partial charge in [0.2, 0.25) is 0 Å². The molecule has 3 N–H and O–H groups in total. The molecule has 5 rings (SSSR count). The van der Waals surface area contributed by atoms with Crippen molar-refractivity contribution in [3.05, 3.63) is 58.0 Å². The van der Waals surface area contributed by atoms with Crippen LogP contribution in [-0.4, -0.2) is 27.8 Å². The Morgan fingerprint density at radius 1 is 1.31 bits per heavy atom. The van der Waals surface area contributed by atoms with Crippen molar-refractivity contribution in [1.82, 2.24) is 14.9 Å². The lowest BCUT2D eigenvalue weighted by Gasteiger charge is -2.25. The van der Waals surface area contributed by atoms with Crippen molar-refractivity contribution < 1.29 is 13.9 Å². The van der Waals surface area contributed by atoms with Crippen LogP contribution in [-0.2, 0) is 18.0 Å². The number of nitrogens with two attached hydrogens (primary N) is 1. The zero-order valence-electron chi connectivity index (χ0n) is 16.5. The number of amides is 1. The number of carbonyl (C=O) groups excluding carboxylic acids is 1. The van der Waals surface area contributed by atoms with Crippen LogP contribution < -0.4 is 5.73 Å². The molecule has 0 radical (unpaired) electrons. The zero-order chi connectivity index (χ0) is 20.3. The second kappa shape index (κ2) is 6.56. The molecule has 3 aromatic rings. The van der Waals surface area contributed by atoms with Gasteiger partial charge in [-0.3, -0.25) is 4.79 Å². The van der Waals surface area contributed by atoms with Gasteiger partial charge in [0.25, 0.3) is 5.91 Å². The van der Waals surface area contributed by atoms with Gasteiger partial charge in [0.05, 0.1) is 30.3 Å². The predicted octanol–water partition coefficient (Wildman–Crippen LogP) is 4.03. The van der Waals surface area contributed by atoms with E-state index < -0.39 is 6.04 Å². The summed E-state index contributed by atoms with van der Waals surface area (Å²) in [6.45, 7) is 2.70. The minimum absolute atomic E-state index is 0.229. The molecule has 6 nitrogen and oxygen atoms in total. The Morgan fingerprint density at radius 2 is 2.07 bits per heavy atom. The van der Waals surface area contributed by atoms with Crippen LogP contribution in [0.15, 0.2) is 24.3 Å². The SMILES string of the molecule is C[C@H](c1ccc(C2CC2)cc1F)N(C)C(=O)c1cc2nc(N)c3c(c2[nH]1)COC3. The second-order valence-corrected chi connectivity index (χ2v) is 8.04. The summed E-state index contributed by atoms with van der Waals surface area (Å²) in [5, 5.41) is 0. The molecule has 0 saturated heterocycles. The van der Waals surface area contributed by atoms with Gasteiger partial charge in [0.1, 0.15) is 17.3 Å². The third kappa shape index (κ3) is 2.97. The average molecular weight is 394 g/mol. The van der Waals surface area contributed by atoms with E-state index in [1.807, 2.05) is 13.0 Å². The highest BCUT2D eigenvalue weighted by Gasteiger charge is 2.28. The van der Waals surface area contributed by atoms with Crippen LogP contribution in [0.25, 0.3) is 11.0 Å². The molecule has 29 heavy (non-hydrogen) atoms. The number of nitrogens with one attached hydrogen (secondary N) is 1. The number of pyridine rings is 1. The minimum atomic E-state index is -0.408. The number of ether oxygens (including phenoxy) is 1. The molecular weight excluding hydrogens is 371 g/mol. The van der Waals surface area contributed by atoms with E-state index in [2.05, 4.69) is 9.97 Å². The molecule has 1 amide bonds. The van der Waals surface area contributed by atoms with E-state index >= 15 is 0 Å². The van der Waals surface area contributed by atoms with Crippen LogP contribution in [0, 0.1) is 5.82 Å². The lowest BCUT2D eigenvalue weighted by atomic mass is 10.0. The number of aromatic amines is 1. The van der Waals surface area contributed by atoms with Crippen molar-refractivity contribution >= 4 is 22.8 Å². The Kier molecular flexibility index (Phi) is 4.10. The molecule has 0 spiro atoms. The molecule has 1 fully saturated rings. The van der Waals surface area contributed by atoms with Gasteiger partial charge in [-0.15, -0.1) is 0 Å². The van der Waals surface area contributed by atoms with Crippen LogP contribution in [0.1, 0.15) is 64.5 Å². The van der Waals surface area contributed by atoms with Gasteiger partial charge in [-0.2, -0.15) is 0 Å². The van der Waals surface area contributed by atoms with Gasteiger partial charge >= 0.3 is 0 Å². The maximum atomic E-state index is 14.7. The van der Waals surface area contributed by atoms with Crippen molar-refractivity contribution in [1.29, 1.82) is 0 Å². The number of H-pyrrole nitrogens is 1. The standard InChI is InChI=1S/C22H23FN4O2/c1-11(14-6-5-13(7-17(14)23)12-3-4-12)27(2)22(28)19-8-18-20(25-19)15-9-29-10-16(15)21(24)26-18/h5-8,11-12,25H,3-4,9-10H2,1-2H3,(H2,24,26)/t11-/m1/s1. The summed E-state index contributed by atoms with van der Waals surface area (Å²) in [4.78, 5) is 22.2. The smallest absolute Gasteiger partial charge is 0.270 e. The number of carbonyl (C=O) groups is 1. The summed E-state index contributed by atoms with van der Waals surface area (Å²) in [6.07, 6.45) is 2.25. The number of hydrogen-bond acceptors (Lipinski definition) is 4. The third-order valence-electron chi connectivity index (χ3n) is 6.16. The van der Waals surface area contributed by atoms with Crippen LogP contribution in [0.2, 0.25) is 0 Å². The molecule has 2 aromatic heterocycles. The van der Waals surface area contributed by atoms with Crippen LogP contribution in [0.5, 0.6) is 0 Å². The largest absolute Gasteiger partial charge is 0.383 e. The number of nitrogens with zero attached hydrogens (tertiary/aromatic N) is 2. The Bertz CT molecular complexity index is 1140. The van der Waals surface area contributed by atoms with Crippen molar-refractivity contribution in [3.63, 3.8) is 0 Å². The highest BCUT2D eigenvalue weighted by Crippen LogP contribution is 2.41. The summed E-state index contributed by atoms with van der Waals surface area (Å²) in [5.41, 5.74) is 11.2. The van der Waals surface area contributed by atoms with Crippen molar-refractivity contribution in [2.75, 3.05) is 12.8 Å². The number of hydrogen-bond donors (Lipinski definition) is 2. The fourth-order valence-electron chi connectivity index (χ4n) is 4.08. The zero-order valence-corrected chi connectivity index (χ0v) is 16.5. The Balaban J connectivity index is 1.44. The molecule has 1 aromatic carbocycles. The van der Waals surface area contributed by atoms with Gasteiger partial charge in [-0.05, 0) is 43.4 Å². The summed E-state index contributed by atoms with van der Waals surface area (Å²) in [6, 6.07) is 6.68. The first kappa shape index (κ1) is 18.1. The minimum Gasteiger partial charge on any atom is -0.383 e. The molecule has 150 valence electrons. The van der Waals surface area contributed by atoms with Crippen molar-refractivity contribution in [3.8, 4) is 0 Å². The van der Waals surface area contributed by atoms with Gasteiger partial charge < -0.3 is 20.4 Å². The lowest BCUT2D eigenvalue weighted by molar-refractivity contribution is 0.0735. The van der Waals surface area contributed by atoms with Gasteiger partial charge in [-0.1, -0.05) is 12.1 Å². The Morgan fingerprint density at radius 3 is 2.79 bits per heavy atom. The normalized spacial score (nSPS) is 16.8. The van der Waals surface area contributed by atoms with Gasteiger partial charge in [0.15, 0.2) is 0 Å². The first-order valence-corrected chi connectivity index (χ1v) is 9.88. The van der Waals surface area contributed by atoms with E-state index in [-0.39, 0.29) is 11.7 Å². The molecule has 7 heteroatoms. The van der Waals surface area contributed by atoms with Gasteiger partial charge in [-0.25, -0.2) is 9.37 Å². The fraction of sp³-hybridized carbons (Fsp3) is 0.364. The Labute approximate surface area is 167 Å². The van der Waals surface area contributed by atoms with E-state index in [0.29, 0.717) is 41.7 Å². The first-order chi connectivity index (χ1) is 13.9. The number of benzene rings is 1. The van der Waals surface area contributed by atoms with Crippen LogP contribution in [0.3, 0.4) is 0 Å². The number of rotatable bonds is 4. The molecule has 1 atom stereocenters. The highest BCUT2D eigenvalue weighted by atomic mass is 19.1. The van der Waals surface area contributed by atoms with Crippen molar-refractivity contribution in [2.24, 2.45) is 0 Å². The molecule has 1 saturated carbocycles. The molecule has 0 unspecified atom stereocenters. The third-order valence-corrected chi connectivity index (χ3v) is 6.16. The summed E-state index contributed by atoms with van der Waals surface area (Å²) in [5.74, 6) is 0.433. The highest BCUT2D eigenvalue weighted by molar-refractivity contribution is 5.98. The number of aromatic nitrogens is 2. The van der Waals surface area contributed by atoms with E-state index in [0.717, 1.165) is 35.0 Å². The monoisotopic (exact) mass is 394 g/mol. The van der Waals surface area contributed by atoms with Gasteiger partial charge in [0, 0.05) is 23.7 Å². The van der Waals surface area contributed by atoms with Crippen LogP contribution in [0.4, 0.5) is 10.2 Å². The first-order valence-electron chi connectivity index (χ1n) is 9.88. The van der Waals surface area contributed by atoms with E-state index in [1.165, 1.54) is 0 Å². The maximum Gasteiger partial charge on any atom is 0.270 e. The fourth-order valence-corrected chi connectivity index (χ4v) is 4.08. The number of nitrogen functional groups attached to an aromatic ring is 1. The number of anilines is 1. The molecule has 3 heterocycles. The molecule has 0 bridgehead atoms. The lowest BCUT2D eigenvalue weighted by Crippen LogP contribution is -2.30. The topological polar surface area (TPSA) is 84.2 Å². The van der Waals surface area contributed by atoms with E-state index in [1.54, 1.807) is 30.1 Å². The quantitative estimate of drug-likeness (QED) is 0.700. The molecular formula is C22H23FN4O2. The number of halogens is 1. The molecule has 2 aliphatic rings. The Hall–Kier alpha value is -2.93. The van der Waals surface area contributed by atoms with E-state index in [9.17, 15) is 9.18 Å². The predicted molar refractivity (Wildman–Crippen MR) is 108 cm³/mol.